The third kappa shape index (κ3) is 5.22. The Labute approximate surface area is 161 Å². The van der Waals surface area contributed by atoms with Crippen LogP contribution in [0.15, 0.2) is 18.2 Å². The van der Waals surface area contributed by atoms with Crippen molar-refractivity contribution in [3.05, 3.63) is 23.8 Å². The summed E-state index contributed by atoms with van der Waals surface area (Å²) in [5.41, 5.74) is 1.80. The fourth-order valence-corrected chi connectivity index (χ4v) is 3.72. The van der Waals surface area contributed by atoms with Crippen molar-refractivity contribution in [1.29, 1.82) is 0 Å². The Balaban J connectivity index is 1.45. The molecule has 1 aromatic rings. The van der Waals surface area contributed by atoms with Gasteiger partial charge >= 0.3 is 0 Å². The highest BCUT2D eigenvalue weighted by atomic mass is 16.5. The Bertz CT molecular complexity index is 673. The number of nitrogens with one attached hydrogen (secondary N) is 1. The first-order valence-electron chi connectivity index (χ1n) is 10.0. The number of hydrogen-bond donors (Lipinski definition) is 1. The highest BCUT2D eigenvalue weighted by Gasteiger charge is 2.30. The molecule has 2 fully saturated rings. The van der Waals surface area contributed by atoms with E-state index in [1.54, 1.807) is 7.11 Å². The van der Waals surface area contributed by atoms with Crippen LogP contribution in [0.5, 0.6) is 5.75 Å². The van der Waals surface area contributed by atoms with Gasteiger partial charge in [-0.25, -0.2) is 0 Å². The van der Waals surface area contributed by atoms with Gasteiger partial charge < -0.3 is 19.9 Å². The maximum absolute atomic E-state index is 12.4. The molecular formula is C21H31N3O3. The van der Waals surface area contributed by atoms with Crippen molar-refractivity contribution in [2.75, 3.05) is 45.2 Å². The van der Waals surface area contributed by atoms with Crippen LogP contribution >= 0.6 is 0 Å². The van der Waals surface area contributed by atoms with Crippen LogP contribution in [0.25, 0.3) is 0 Å². The largest absolute Gasteiger partial charge is 0.495 e. The Morgan fingerprint density at radius 2 is 1.96 bits per heavy atom. The number of carbonyl (C=O) groups is 2. The number of ether oxygens (including phenoxy) is 1. The van der Waals surface area contributed by atoms with E-state index in [-0.39, 0.29) is 11.8 Å². The van der Waals surface area contributed by atoms with Crippen LogP contribution in [0.1, 0.15) is 37.7 Å². The van der Waals surface area contributed by atoms with Crippen LogP contribution < -0.4 is 10.1 Å². The zero-order valence-electron chi connectivity index (χ0n) is 16.5. The Hall–Kier alpha value is -2.08. The van der Waals surface area contributed by atoms with Crippen molar-refractivity contribution in [3.63, 3.8) is 0 Å². The van der Waals surface area contributed by atoms with E-state index in [0.717, 1.165) is 56.7 Å². The number of carbonyl (C=O) groups excluding carboxylic acids is 2. The van der Waals surface area contributed by atoms with Crippen molar-refractivity contribution in [2.24, 2.45) is 5.92 Å². The van der Waals surface area contributed by atoms with Crippen LogP contribution in [0.2, 0.25) is 0 Å². The quantitative estimate of drug-likeness (QED) is 0.833. The summed E-state index contributed by atoms with van der Waals surface area (Å²) in [5.74, 6) is 1.28. The van der Waals surface area contributed by atoms with Gasteiger partial charge in [-0.15, -0.1) is 0 Å². The summed E-state index contributed by atoms with van der Waals surface area (Å²) in [4.78, 5) is 29.1. The van der Waals surface area contributed by atoms with Gasteiger partial charge in [0.25, 0.3) is 0 Å². The highest BCUT2D eigenvalue weighted by molar-refractivity contribution is 5.92. The Morgan fingerprint density at radius 1 is 1.15 bits per heavy atom. The fraction of sp³-hybridized carbons (Fsp3) is 0.619. The van der Waals surface area contributed by atoms with Crippen molar-refractivity contribution < 1.29 is 14.3 Å². The van der Waals surface area contributed by atoms with Gasteiger partial charge in [0, 0.05) is 38.5 Å². The van der Waals surface area contributed by atoms with Gasteiger partial charge in [-0.2, -0.15) is 0 Å². The SMILES string of the molecule is COc1ccc(C)cc1NC(=O)CCN1CCCN(C(=O)C2CCC2)CC1. The maximum atomic E-state index is 12.4. The molecule has 0 aromatic heterocycles. The summed E-state index contributed by atoms with van der Waals surface area (Å²) in [6.07, 6.45) is 4.72. The highest BCUT2D eigenvalue weighted by Crippen LogP contribution is 2.28. The van der Waals surface area contributed by atoms with Crippen molar-refractivity contribution in [3.8, 4) is 5.75 Å². The van der Waals surface area contributed by atoms with Gasteiger partial charge in [0.15, 0.2) is 0 Å². The summed E-state index contributed by atoms with van der Waals surface area (Å²) in [7, 11) is 1.61. The van der Waals surface area contributed by atoms with Crippen molar-refractivity contribution >= 4 is 17.5 Å². The normalized spacial score (nSPS) is 18.5. The number of nitrogens with zero attached hydrogens (tertiary/aromatic N) is 2. The first kappa shape index (κ1) is 19.7. The molecule has 1 aliphatic carbocycles. The molecule has 0 radical (unpaired) electrons. The lowest BCUT2D eigenvalue weighted by atomic mass is 9.84. The molecule has 1 N–H and O–H groups in total. The summed E-state index contributed by atoms with van der Waals surface area (Å²) < 4.78 is 5.32. The number of hydrogen-bond acceptors (Lipinski definition) is 4. The zero-order chi connectivity index (χ0) is 19.2. The smallest absolute Gasteiger partial charge is 0.225 e. The number of rotatable bonds is 6. The third-order valence-electron chi connectivity index (χ3n) is 5.64. The topological polar surface area (TPSA) is 61.9 Å². The van der Waals surface area contributed by atoms with E-state index in [0.29, 0.717) is 24.6 Å². The van der Waals surface area contributed by atoms with Crippen LogP contribution in [-0.4, -0.2) is 61.4 Å². The summed E-state index contributed by atoms with van der Waals surface area (Å²) >= 11 is 0. The molecule has 1 heterocycles. The molecule has 148 valence electrons. The van der Waals surface area contributed by atoms with Crippen LogP contribution in [0.3, 0.4) is 0 Å². The molecule has 1 aliphatic heterocycles. The molecular weight excluding hydrogens is 342 g/mol. The van der Waals surface area contributed by atoms with Crippen LogP contribution in [-0.2, 0) is 9.59 Å². The molecule has 0 spiro atoms. The predicted molar refractivity (Wildman–Crippen MR) is 106 cm³/mol. The van der Waals surface area contributed by atoms with Gasteiger partial charge in [-0.05, 0) is 50.4 Å². The molecule has 3 rings (SSSR count). The van der Waals surface area contributed by atoms with Crippen molar-refractivity contribution in [1.82, 2.24) is 9.80 Å². The van der Waals surface area contributed by atoms with E-state index in [1.807, 2.05) is 30.0 Å². The molecule has 6 nitrogen and oxygen atoms in total. The molecule has 0 bridgehead atoms. The number of methoxy groups -OCH3 is 1. The lowest BCUT2D eigenvalue weighted by Crippen LogP contribution is -2.41. The lowest BCUT2D eigenvalue weighted by Gasteiger charge is -2.31. The zero-order valence-corrected chi connectivity index (χ0v) is 16.5. The second-order valence-electron chi connectivity index (χ2n) is 7.65. The fourth-order valence-electron chi connectivity index (χ4n) is 3.72. The van der Waals surface area contributed by atoms with E-state index in [9.17, 15) is 9.59 Å². The molecule has 2 aliphatic rings. The van der Waals surface area contributed by atoms with E-state index in [2.05, 4.69) is 10.2 Å². The van der Waals surface area contributed by atoms with E-state index >= 15 is 0 Å². The average Bonchev–Trinajstić information content (AvgIpc) is 2.84. The summed E-state index contributed by atoms with van der Waals surface area (Å²) in [5, 5.41) is 2.96. The minimum absolute atomic E-state index is 0.00875. The van der Waals surface area contributed by atoms with Gasteiger partial charge in [0.2, 0.25) is 11.8 Å². The second-order valence-corrected chi connectivity index (χ2v) is 7.65. The standard InChI is InChI=1S/C21H31N3O3/c1-16-7-8-19(27-2)18(15-16)22-20(25)9-12-23-10-4-11-24(14-13-23)21(26)17-5-3-6-17/h7-8,15,17H,3-6,9-14H2,1-2H3,(H,22,25). The minimum Gasteiger partial charge on any atom is -0.495 e. The molecule has 6 heteroatoms. The van der Waals surface area contributed by atoms with Gasteiger partial charge in [-0.3, -0.25) is 9.59 Å². The Kier molecular flexibility index (Phi) is 6.72. The number of amides is 2. The third-order valence-corrected chi connectivity index (χ3v) is 5.64. The van der Waals surface area contributed by atoms with Gasteiger partial charge in [0.1, 0.15) is 5.75 Å². The first-order valence-corrected chi connectivity index (χ1v) is 10.0. The van der Waals surface area contributed by atoms with E-state index < -0.39 is 0 Å². The van der Waals surface area contributed by atoms with Gasteiger partial charge in [0.05, 0.1) is 12.8 Å². The minimum atomic E-state index is -0.00875. The molecule has 0 unspecified atom stereocenters. The monoisotopic (exact) mass is 373 g/mol. The average molecular weight is 373 g/mol. The molecule has 0 atom stereocenters. The van der Waals surface area contributed by atoms with Crippen molar-refractivity contribution in [2.45, 2.75) is 39.0 Å². The predicted octanol–water partition coefficient (Wildman–Crippen LogP) is 2.67. The number of aryl methyl sites for hydroxylation is 1. The van der Waals surface area contributed by atoms with Crippen LogP contribution in [0, 0.1) is 12.8 Å². The number of benzene rings is 1. The molecule has 2 amide bonds. The second kappa shape index (κ2) is 9.22. The van der Waals surface area contributed by atoms with E-state index in [4.69, 9.17) is 4.74 Å². The molecule has 27 heavy (non-hydrogen) atoms. The Morgan fingerprint density at radius 3 is 2.67 bits per heavy atom. The molecule has 1 saturated carbocycles. The lowest BCUT2D eigenvalue weighted by molar-refractivity contribution is -0.138. The summed E-state index contributed by atoms with van der Waals surface area (Å²) in [6.45, 7) is 6.12. The van der Waals surface area contributed by atoms with E-state index in [1.165, 1.54) is 6.42 Å². The number of anilines is 1. The maximum Gasteiger partial charge on any atom is 0.225 e. The van der Waals surface area contributed by atoms with Crippen LogP contribution in [0.4, 0.5) is 5.69 Å². The first-order chi connectivity index (χ1) is 13.1. The molecule has 1 saturated heterocycles. The summed E-state index contributed by atoms with van der Waals surface area (Å²) in [6, 6.07) is 5.75. The van der Waals surface area contributed by atoms with Gasteiger partial charge in [-0.1, -0.05) is 12.5 Å². The molecule has 1 aromatic carbocycles.